The summed E-state index contributed by atoms with van der Waals surface area (Å²) in [5, 5.41) is 10.7. The van der Waals surface area contributed by atoms with Gasteiger partial charge in [0.2, 0.25) is 0 Å². The fourth-order valence-corrected chi connectivity index (χ4v) is 2.18. The lowest BCUT2D eigenvalue weighted by atomic mass is 10.2. The van der Waals surface area contributed by atoms with Crippen LogP contribution in [-0.4, -0.2) is 14.5 Å². The molecule has 5 heteroatoms. The predicted molar refractivity (Wildman–Crippen MR) is 81.9 cm³/mol. The molecule has 2 aromatic carbocycles. The monoisotopic (exact) mass is 279 g/mol. The molecule has 0 saturated heterocycles. The van der Waals surface area contributed by atoms with Crippen molar-refractivity contribution in [2.75, 3.05) is 0 Å². The smallest absolute Gasteiger partial charge is 0.271 e. The third-order valence-corrected chi connectivity index (χ3v) is 3.23. The number of fused-ring (bicyclic) bond motifs is 1. The molecule has 0 unspecified atom stereocenters. The van der Waals surface area contributed by atoms with Crippen LogP contribution in [-0.2, 0) is 6.54 Å². The van der Waals surface area contributed by atoms with Gasteiger partial charge in [-0.2, -0.15) is 0 Å². The van der Waals surface area contributed by atoms with Gasteiger partial charge in [0.15, 0.2) is 0 Å². The van der Waals surface area contributed by atoms with E-state index in [4.69, 9.17) is 0 Å². The van der Waals surface area contributed by atoms with E-state index in [0.717, 1.165) is 11.1 Å². The van der Waals surface area contributed by atoms with Gasteiger partial charge in [-0.3, -0.25) is 10.1 Å². The minimum atomic E-state index is -0.409. The van der Waals surface area contributed by atoms with Gasteiger partial charge < -0.3 is 4.57 Å². The number of nitro benzene ring substituents is 1. The van der Waals surface area contributed by atoms with Crippen molar-refractivity contribution in [3.63, 3.8) is 0 Å². The minimum Gasteiger partial charge on any atom is -0.327 e. The van der Waals surface area contributed by atoms with Gasteiger partial charge in [0, 0.05) is 18.7 Å². The maximum Gasteiger partial charge on any atom is 0.271 e. The molecule has 0 aliphatic rings. The number of rotatable bonds is 4. The summed E-state index contributed by atoms with van der Waals surface area (Å²) in [6.45, 7) is 0.670. The van der Waals surface area contributed by atoms with E-state index in [1.807, 2.05) is 47.1 Å². The Bertz CT molecular complexity index is 807. The first kappa shape index (κ1) is 13.1. The van der Waals surface area contributed by atoms with Gasteiger partial charge in [-0.1, -0.05) is 42.5 Å². The van der Waals surface area contributed by atoms with Crippen molar-refractivity contribution in [2.24, 2.45) is 0 Å². The average molecular weight is 279 g/mol. The summed E-state index contributed by atoms with van der Waals surface area (Å²) in [4.78, 5) is 14.5. The molecule has 1 heterocycles. The van der Waals surface area contributed by atoms with Crippen molar-refractivity contribution < 1.29 is 4.92 Å². The molecule has 0 aliphatic heterocycles. The number of imidazole rings is 1. The fraction of sp³-hybridized carbons (Fsp3) is 0.0625. The zero-order valence-corrected chi connectivity index (χ0v) is 11.2. The Hall–Kier alpha value is -2.95. The number of allylic oxidation sites excluding steroid dienone is 1. The van der Waals surface area contributed by atoms with Crippen LogP contribution in [0.15, 0.2) is 60.9 Å². The molecular formula is C16H13N3O2. The lowest BCUT2D eigenvalue weighted by Gasteiger charge is -1.99. The van der Waals surface area contributed by atoms with Crippen molar-refractivity contribution >= 4 is 22.8 Å². The van der Waals surface area contributed by atoms with Crippen LogP contribution in [0.1, 0.15) is 5.56 Å². The molecule has 1 aromatic heterocycles. The molecular weight excluding hydrogens is 266 g/mol. The molecule has 0 amide bonds. The second-order valence-corrected chi connectivity index (χ2v) is 4.64. The maximum absolute atomic E-state index is 10.7. The maximum atomic E-state index is 10.7. The summed E-state index contributed by atoms with van der Waals surface area (Å²) in [7, 11) is 0. The minimum absolute atomic E-state index is 0.0626. The molecule has 0 saturated carbocycles. The third kappa shape index (κ3) is 2.81. The summed E-state index contributed by atoms with van der Waals surface area (Å²) >= 11 is 0. The molecule has 0 spiro atoms. The number of hydrogen-bond acceptors (Lipinski definition) is 3. The van der Waals surface area contributed by atoms with Crippen LogP contribution in [0.4, 0.5) is 5.69 Å². The highest BCUT2D eigenvalue weighted by molar-refractivity contribution is 5.78. The molecule has 0 radical (unpaired) electrons. The van der Waals surface area contributed by atoms with Crippen LogP contribution in [0, 0.1) is 10.1 Å². The van der Waals surface area contributed by atoms with Gasteiger partial charge in [-0.25, -0.2) is 4.98 Å². The first-order chi connectivity index (χ1) is 10.2. The summed E-state index contributed by atoms with van der Waals surface area (Å²) in [6.07, 6.45) is 5.78. The Morgan fingerprint density at radius 3 is 2.76 bits per heavy atom. The van der Waals surface area contributed by atoms with Crippen molar-refractivity contribution in [1.82, 2.24) is 9.55 Å². The summed E-state index contributed by atoms with van der Waals surface area (Å²) < 4.78 is 1.96. The molecule has 0 fully saturated rings. The van der Waals surface area contributed by atoms with Crippen molar-refractivity contribution in [3.8, 4) is 0 Å². The van der Waals surface area contributed by atoms with Crippen LogP contribution in [0.2, 0.25) is 0 Å². The number of benzene rings is 2. The van der Waals surface area contributed by atoms with E-state index in [1.54, 1.807) is 12.4 Å². The van der Waals surface area contributed by atoms with Crippen LogP contribution in [0.25, 0.3) is 17.1 Å². The first-order valence-electron chi connectivity index (χ1n) is 6.55. The first-order valence-corrected chi connectivity index (χ1v) is 6.55. The lowest BCUT2D eigenvalue weighted by Crippen LogP contribution is -1.93. The molecule has 5 nitrogen and oxygen atoms in total. The van der Waals surface area contributed by atoms with Crippen LogP contribution >= 0.6 is 0 Å². The van der Waals surface area contributed by atoms with E-state index in [-0.39, 0.29) is 5.69 Å². The van der Waals surface area contributed by atoms with Crippen LogP contribution in [0.5, 0.6) is 0 Å². The Kier molecular flexibility index (Phi) is 3.47. The Morgan fingerprint density at radius 1 is 1.19 bits per heavy atom. The standard InChI is InChI=1S/C16H13N3O2/c20-19(21)14-8-9-16-15(11-14)17-12-18(16)10-4-7-13-5-2-1-3-6-13/h1-9,11-12H,10H2/b7-4+. The molecule has 3 rings (SSSR count). The Balaban J connectivity index is 1.82. The molecule has 104 valence electrons. The van der Waals surface area contributed by atoms with E-state index in [2.05, 4.69) is 4.98 Å². The van der Waals surface area contributed by atoms with Gasteiger partial charge in [-0.15, -0.1) is 0 Å². The van der Waals surface area contributed by atoms with E-state index < -0.39 is 4.92 Å². The average Bonchev–Trinajstić information content (AvgIpc) is 2.91. The lowest BCUT2D eigenvalue weighted by molar-refractivity contribution is -0.384. The quantitative estimate of drug-likeness (QED) is 0.541. The molecule has 0 N–H and O–H groups in total. The normalized spacial score (nSPS) is 11.2. The number of nitrogens with zero attached hydrogens (tertiary/aromatic N) is 3. The molecule has 0 bridgehead atoms. The van der Waals surface area contributed by atoms with Gasteiger partial charge in [0.1, 0.15) is 0 Å². The second kappa shape index (κ2) is 5.58. The second-order valence-electron chi connectivity index (χ2n) is 4.64. The van der Waals surface area contributed by atoms with E-state index >= 15 is 0 Å². The predicted octanol–water partition coefficient (Wildman–Crippen LogP) is 3.66. The zero-order chi connectivity index (χ0) is 14.7. The Morgan fingerprint density at radius 2 is 2.00 bits per heavy atom. The van der Waals surface area contributed by atoms with Gasteiger partial charge in [0.05, 0.1) is 22.3 Å². The molecule has 0 atom stereocenters. The molecule has 3 aromatic rings. The van der Waals surface area contributed by atoms with Crippen molar-refractivity contribution in [1.29, 1.82) is 0 Å². The summed E-state index contributed by atoms with van der Waals surface area (Å²) in [5.74, 6) is 0. The summed E-state index contributed by atoms with van der Waals surface area (Å²) in [5.41, 5.74) is 2.72. The zero-order valence-electron chi connectivity index (χ0n) is 11.2. The molecule has 21 heavy (non-hydrogen) atoms. The number of aromatic nitrogens is 2. The number of nitro groups is 1. The SMILES string of the molecule is O=[N+]([O-])c1ccc2c(c1)ncn2C/C=C/c1ccccc1. The highest BCUT2D eigenvalue weighted by Gasteiger charge is 2.09. The highest BCUT2D eigenvalue weighted by atomic mass is 16.6. The largest absolute Gasteiger partial charge is 0.327 e. The third-order valence-electron chi connectivity index (χ3n) is 3.23. The topological polar surface area (TPSA) is 61.0 Å². The van der Waals surface area contributed by atoms with E-state index in [0.29, 0.717) is 12.1 Å². The van der Waals surface area contributed by atoms with Crippen molar-refractivity contribution in [3.05, 3.63) is 76.6 Å². The Labute approximate surface area is 121 Å². The van der Waals surface area contributed by atoms with E-state index in [9.17, 15) is 10.1 Å². The van der Waals surface area contributed by atoms with Crippen molar-refractivity contribution in [2.45, 2.75) is 6.54 Å². The van der Waals surface area contributed by atoms with Gasteiger partial charge in [0.25, 0.3) is 5.69 Å². The highest BCUT2D eigenvalue weighted by Crippen LogP contribution is 2.19. The van der Waals surface area contributed by atoms with Crippen LogP contribution in [0.3, 0.4) is 0 Å². The summed E-state index contributed by atoms with van der Waals surface area (Å²) in [6, 6.07) is 14.8. The van der Waals surface area contributed by atoms with Crippen LogP contribution < -0.4 is 0 Å². The van der Waals surface area contributed by atoms with E-state index in [1.165, 1.54) is 12.1 Å². The molecule has 0 aliphatic carbocycles. The number of non-ortho nitro benzene ring substituents is 1. The van der Waals surface area contributed by atoms with Gasteiger partial charge in [-0.05, 0) is 11.6 Å². The fourth-order valence-electron chi connectivity index (χ4n) is 2.18. The number of hydrogen-bond donors (Lipinski definition) is 0. The van der Waals surface area contributed by atoms with Gasteiger partial charge >= 0.3 is 0 Å².